The van der Waals surface area contributed by atoms with Gasteiger partial charge in [-0.1, -0.05) is 39.0 Å². The molecule has 0 heterocycles. The van der Waals surface area contributed by atoms with Crippen LogP contribution >= 0.6 is 0 Å². The summed E-state index contributed by atoms with van der Waals surface area (Å²) in [6.07, 6.45) is 4.50. The number of hydrogen-bond donors (Lipinski definition) is 1. The number of carbonyl (C=O) groups excluding carboxylic acids is 1. The molecule has 0 unspecified atom stereocenters. The van der Waals surface area contributed by atoms with Crippen molar-refractivity contribution < 1.29 is 4.79 Å². The maximum Gasteiger partial charge on any atom is 0.251 e. The molecule has 0 bridgehead atoms. The molecule has 1 aliphatic rings. The monoisotopic (exact) mass is 257 g/mol. The van der Waals surface area contributed by atoms with Gasteiger partial charge in [0.05, 0.1) is 0 Å². The van der Waals surface area contributed by atoms with Crippen molar-refractivity contribution in [1.82, 2.24) is 5.32 Å². The normalized spacial score (nSPS) is 16.3. The zero-order valence-electron chi connectivity index (χ0n) is 12.3. The van der Waals surface area contributed by atoms with E-state index in [2.05, 4.69) is 39.1 Å². The van der Waals surface area contributed by atoms with Crippen molar-refractivity contribution in [2.24, 2.45) is 5.41 Å². The Labute approximate surface area is 115 Å². The first kappa shape index (κ1) is 13.9. The summed E-state index contributed by atoms with van der Waals surface area (Å²) in [5.41, 5.74) is 3.35. The third-order valence-corrected chi connectivity index (χ3v) is 3.16. The van der Waals surface area contributed by atoms with Crippen LogP contribution in [0.25, 0.3) is 5.57 Å². The van der Waals surface area contributed by atoms with Crippen molar-refractivity contribution in [2.45, 2.75) is 46.6 Å². The standard InChI is InChI=1S/C17H23NO/c1-12(11-17(2,3)4)13-5-7-14(8-6-13)16(19)18-15-9-10-15/h5-8,11,15H,9-10H2,1-4H3,(H,18,19)/b12-11+. The molecular weight excluding hydrogens is 234 g/mol. The van der Waals surface area contributed by atoms with E-state index in [9.17, 15) is 4.79 Å². The summed E-state index contributed by atoms with van der Waals surface area (Å²) in [6.45, 7) is 8.68. The molecule has 102 valence electrons. The highest BCUT2D eigenvalue weighted by Crippen LogP contribution is 2.24. The first-order valence-electron chi connectivity index (χ1n) is 6.96. The summed E-state index contributed by atoms with van der Waals surface area (Å²) in [5.74, 6) is 0.0477. The molecule has 2 nitrogen and oxygen atoms in total. The molecule has 0 radical (unpaired) electrons. The van der Waals surface area contributed by atoms with Crippen molar-refractivity contribution in [3.8, 4) is 0 Å². The van der Waals surface area contributed by atoms with E-state index in [4.69, 9.17) is 0 Å². The summed E-state index contributed by atoms with van der Waals surface area (Å²) >= 11 is 0. The van der Waals surface area contributed by atoms with Gasteiger partial charge in [0.15, 0.2) is 0 Å². The second-order valence-electron chi connectivity index (χ2n) is 6.52. The molecule has 19 heavy (non-hydrogen) atoms. The summed E-state index contributed by atoms with van der Waals surface area (Å²) in [4.78, 5) is 11.9. The van der Waals surface area contributed by atoms with Crippen LogP contribution in [0.1, 0.15) is 56.5 Å². The van der Waals surface area contributed by atoms with Crippen LogP contribution in [-0.2, 0) is 0 Å². The predicted molar refractivity (Wildman–Crippen MR) is 80.0 cm³/mol. The van der Waals surface area contributed by atoms with Crippen LogP contribution < -0.4 is 5.32 Å². The summed E-state index contributed by atoms with van der Waals surface area (Å²) < 4.78 is 0. The van der Waals surface area contributed by atoms with Crippen LogP contribution in [0.2, 0.25) is 0 Å². The van der Waals surface area contributed by atoms with E-state index in [0.717, 1.165) is 18.4 Å². The quantitative estimate of drug-likeness (QED) is 0.870. The zero-order valence-corrected chi connectivity index (χ0v) is 12.3. The Hall–Kier alpha value is -1.57. The Kier molecular flexibility index (Phi) is 3.79. The van der Waals surface area contributed by atoms with E-state index in [1.54, 1.807) is 0 Å². The summed E-state index contributed by atoms with van der Waals surface area (Å²) in [6, 6.07) is 8.29. The Balaban J connectivity index is 2.09. The van der Waals surface area contributed by atoms with Gasteiger partial charge >= 0.3 is 0 Å². The van der Waals surface area contributed by atoms with E-state index in [-0.39, 0.29) is 11.3 Å². The first-order chi connectivity index (χ1) is 8.85. The average Bonchev–Trinajstić information content (AvgIpc) is 3.11. The molecule has 2 rings (SSSR count). The summed E-state index contributed by atoms with van der Waals surface area (Å²) in [7, 11) is 0. The number of carbonyl (C=O) groups is 1. The van der Waals surface area contributed by atoms with Gasteiger partial charge in [-0.15, -0.1) is 0 Å². The van der Waals surface area contributed by atoms with Crippen molar-refractivity contribution in [2.75, 3.05) is 0 Å². The number of rotatable bonds is 3. The van der Waals surface area contributed by atoms with Gasteiger partial charge in [0.25, 0.3) is 5.91 Å². The van der Waals surface area contributed by atoms with Gasteiger partial charge in [0.1, 0.15) is 0 Å². The number of allylic oxidation sites excluding steroid dienone is 2. The van der Waals surface area contributed by atoms with Crippen molar-refractivity contribution in [3.63, 3.8) is 0 Å². The molecule has 0 spiro atoms. The Morgan fingerprint density at radius 1 is 1.16 bits per heavy atom. The largest absolute Gasteiger partial charge is 0.349 e. The van der Waals surface area contributed by atoms with Crippen molar-refractivity contribution >= 4 is 11.5 Å². The molecule has 2 heteroatoms. The lowest BCUT2D eigenvalue weighted by atomic mass is 9.91. The lowest BCUT2D eigenvalue weighted by Crippen LogP contribution is -2.25. The van der Waals surface area contributed by atoms with Crippen molar-refractivity contribution in [3.05, 3.63) is 41.5 Å². The topological polar surface area (TPSA) is 29.1 Å². The number of hydrogen-bond acceptors (Lipinski definition) is 1. The molecule has 1 aromatic rings. The molecule has 1 aromatic carbocycles. The van der Waals surface area contributed by atoms with E-state index < -0.39 is 0 Å². The van der Waals surface area contributed by atoms with Gasteiger partial charge in [-0.25, -0.2) is 0 Å². The molecule has 0 aromatic heterocycles. The Morgan fingerprint density at radius 2 is 1.68 bits per heavy atom. The number of benzene rings is 1. The van der Waals surface area contributed by atoms with Crippen LogP contribution in [0.15, 0.2) is 30.3 Å². The van der Waals surface area contributed by atoms with E-state index in [1.165, 1.54) is 11.1 Å². The molecule has 1 N–H and O–H groups in total. The minimum Gasteiger partial charge on any atom is -0.349 e. The van der Waals surface area contributed by atoms with E-state index in [1.807, 2.05) is 24.3 Å². The second kappa shape index (κ2) is 5.20. The van der Waals surface area contributed by atoms with Crippen LogP contribution in [0.3, 0.4) is 0 Å². The van der Waals surface area contributed by atoms with Crippen LogP contribution in [-0.4, -0.2) is 11.9 Å². The molecule has 1 amide bonds. The Morgan fingerprint density at radius 3 is 2.16 bits per heavy atom. The van der Waals surface area contributed by atoms with Crippen LogP contribution in [0.5, 0.6) is 0 Å². The van der Waals surface area contributed by atoms with Crippen LogP contribution in [0.4, 0.5) is 0 Å². The van der Waals surface area contributed by atoms with Gasteiger partial charge < -0.3 is 5.32 Å². The third kappa shape index (κ3) is 4.23. The fraction of sp³-hybridized carbons (Fsp3) is 0.471. The SMILES string of the molecule is C/C(=C\C(C)(C)C)c1ccc(C(=O)NC2CC2)cc1. The van der Waals surface area contributed by atoms with Crippen molar-refractivity contribution in [1.29, 1.82) is 0 Å². The molecule has 0 saturated heterocycles. The van der Waals surface area contributed by atoms with Gasteiger partial charge in [0.2, 0.25) is 0 Å². The molecule has 0 aliphatic heterocycles. The van der Waals surface area contributed by atoms with Crippen LogP contribution in [0, 0.1) is 5.41 Å². The fourth-order valence-electron chi connectivity index (χ4n) is 2.11. The molecule has 1 saturated carbocycles. The smallest absolute Gasteiger partial charge is 0.251 e. The highest BCUT2D eigenvalue weighted by atomic mass is 16.1. The summed E-state index contributed by atoms with van der Waals surface area (Å²) in [5, 5.41) is 3.00. The van der Waals surface area contributed by atoms with E-state index in [0.29, 0.717) is 6.04 Å². The number of amides is 1. The van der Waals surface area contributed by atoms with E-state index >= 15 is 0 Å². The lowest BCUT2D eigenvalue weighted by Gasteiger charge is -2.14. The number of nitrogens with one attached hydrogen (secondary N) is 1. The molecular formula is C17H23NO. The fourth-order valence-corrected chi connectivity index (χ4v) is 2.11. The first-order valence-corrected chi connectivity index (χ1v) is 6.96. The van der Waals surface area contributed by atoms with Gasteiger partial charge in [0, 0.05) is 11.6 Å². The third-order valence-electron chi connectivity index (χ3n) is 3.16. The minimum atomic E-state index is 0.0477. The highest BCUT2D eigenvalue weighted by Gasteiger charge is 2.23. The average molecular weight is 257 g/mol. The zero-order chi connectivity index (χ0) is 14.0. The lowest BCUT2D eigenvalue weighted by molar-refractivity contribution is 0.0951. The van der Waals surface area contributed by atoms with Gasteiger partial charge in [-0.3, -0.25) is 4.79 Å². The molecule has 1 fully saturated rings. The maximum absolute atomic E-state index is 11.9. The maximum atomic E-state index is 11.9. The molecule has 1 aliphatic carbocycles. The highest BCUT2D eigenvalue weighted by molar-refractivity contribution is 5.94. The second-order valence-corrected chi connectivity index (χ2v) is 6.52. The molecule has 0 atom stereocenters. The Bertz CT molecular complexity index is 487. The van der Waals surface area contributed by atoms with Gasteiger partial charge in [-0.05, 0) is 48.4 Å². The van der Waals surface area contributed by atoms with Gasteiger partial charge in [-0.2, -0.15) is 0 Å². The minimum absolute atomic E-state index is 0.0477. The predicted octanol–water partition coefficient (Wildman–Crippen LogP) is 4.03.